The molecule has 0 aliphatic carbocycles. The van der Waals surface area contributed by atoms with E-state index in [2.05, 4.69) is 31.9 Å². The molecule has 2 rings (SSSR count). The molecule has 1 aliphatic rings. The lowest BCUT2D eigenvalue weighted by molar-refractivity contribution is -0.126. The highest BCUT2D eigenvalue weighted by atomic mass is 35.5. The molecule has 0 radical (unpaired) electrons. The summed E-state index contributed by atoms with van der Waals surface area (Å²) >= 11 is 6.30. The maximum absolute atomic E-state index is 6.30. The van der Waals surface area contributed by atoms with Gasteiger partial charge in [-0.15, -0.1) is 0 Å². The Bertz CT molecular complexity index is 482. The zero-order chi connectivity index (χ0) is 15.5. The molecular formula is C17H27ClN2O. The van der Waals surface area contributed by atoms with Crippen molar-refractivity contribution in [2.45, 2.75) is 50.8 Å². The van der Waals surface area contributed by atoms with Crippen LogP contribution < -0.4 is 5.73 Å². The maximum Gasteiger partial charge on any atom is 0.0670 e. The molecule has 21 heavy (non-hydrogen) atoms. The minimum Gasteiger partial charge on any atom is -0.375 e. The Balaban J connectivity index is 2.18. The van der Waals surface area contributed by atoms with Crippen LogP contribution in [0.25, 0.3) is 0 Å². The number of nitrogens with two attached hydrogens (primary N) is 1. The lowest BCUT2D eigenvalue weighted by Crippen LogP contribution is -2.59. The molecule has 118 valence electrons. The summed E-state index contributed by atoms with van der Waals surface area (Å²) in [7, 11) is 2.15. The Morgan fingerprint density at radius 2 is 2.10 bits per heavy atom. The highest BCUT2D eigenvalue weighted by Crippen LogP contribution is 2.38. The minimum atomic E-state index is -0.0770. The third kappa shape index (κ3) is 3.59. The molecule has 3 nitrogen and oxygen atoms in total. The number of halogens is 1. The number of ether oxygens (including phenoxy) is 1. The van der Waals surface area contributed by atoms with Gasteiger partial charge in [0.25, 0.3) is 0 Å². The third-order valence-corrected chi connectivity index (χ3v) is 5.39. The van der Waals surface area contributed by atoms with Gasteiger partial charge in [-0.1, -0.05) is 36.7 Å². The molecule has 1 fully saturated rings. The van der Waals surface area contributed by atoms with E-state index in [9.17, 15) is 0 Å². The van der Waals surface area contributed by atoms with Gasteiger partial charge in [-0.25, -0.2) is 0 Å². The molecule has 2 atom stereocenters. The predicted octanol–water partition coefficient (Wildman–Crippen LogP) is 3.45. The van der Waals surface area contributed by atoms with Crippen LogP contribution in [0, 0.1) is 0 Å². The number of benzene rings is 1. The lowest BCUT2D eigenvalue weighted by atomic mass is 9.78. The summed E-state index contributed by atoms with van der Waals surface area (Å²) in [6.45, 7) is 6.61. The van der Waals surface area contributed by atoms with E-state index < -0.39 is 0 Å². The molecule has 1 aromatic rings. The predicted molar refractivity (Wildman–Crippen MR) is 88.6 cm³/mol. The molecule has 2 unspecified atom stereocenters. The second-order valence-corrected chi connectivity index (χ2v) is 6.86. The highest BCUT2D eigenvalue weighted by Gasteiger charge is 2.44. The van der Waals surface area contributed by atoms with Crippen molar-refractivity contribution < 1.29 is 4.74 Å². The molecule has 4 heteroatoms. The van der Waals surface area contributed by atoms with Gasteiger partial charge in [-0.05, 0) is 44.9 Å². The average Bonchev–Trinajstić information content (AvgIpc) is 2.49. The van der Waals surface area contributed by atoms with Crippen molar-refractivity contribution in [1.82, 2.24) is 4.90 Å². The van der Waals surface area contributed by atoms with Gasteiger partial charge in [0.2, 0.25) is 0 Å². The summed E-state index contributed by atoms with van der Waals surface area (Å²) in [5.74, 6) is 0. The van der Waals surface area contributed by atoms with Gasteiger partial charge in [0.1, 0.15) is 0 Å². The molecule has 1 aromatic carbocycles. The first-order valence-electron chi connectivity index (χ1n) is 7.73. The third-order valence-electron chi connectivity index (χ3n) is 5.02. The van der Waals surface area contributed by atoms with Crippen molar-refractivity contribution in [1.29, 1.82) is 0 Å². The van der Waals surface area contributed by atoms with Gasteiger partial charge in [-0.2, -0.15) is 0 Å². The van der Waals surface area contributed by atoms with Crippen LogP contribution in [0.2, 0.25) is 5.02 Å². The first kappa shape index (κ1) is 16.8. The van der Waals surface area contributed by atoms with Crippen LogP contribution in [-0.4, -0.2) is 36.2 Å². The summed E-state index contributed by atoms with van der Waals surface area (Å²) in [5, 5.41) is 0.821. The van der Waals surface area contributed by atoms with E-state index in [0.717, 1.165) is 43.0 Å². The normalized spacial score (nSPS) is 29.8. The topological polar surface area (TPSA) is 38.5 Å². The van der Waals surface area contributed by atoms with E-state index in [0.29, 0.717) is 6.54 Å². The molecule has 0 bridgehead atoms. The van der Waals surface area contributed by atoms with Crippen molar-refractivity contribution in [3.8, 4) is 0 Å². The number of hydrogen-bond donors (Lipinski definition) is 1. The maximum atomic E-state index is 6.30. The molecule has 2 N–H and O–H groups in total. The van der Waals surface area contributed by atoms with E-state index in [1.807, 2.05) is 18.2 Å². The number of hydrogen-bond acceptors (Lipinski definition) is 3. The van der Waals surface area contributed by atoms with Crippen molar-refractivity contribution in [3.05, 3.63) is 34.9 Å². The van der Waals surface area contributed by atoms with E-state index >= 15 is 0 Å². The monoisotopic (exact) mass is 310 g/mol. The number of nitrogens with zero attached hydrogens (tertiary/aromatic N) is 1. The zero-order valence-corrected chi connectivity index (χ0v) is 14.1. The standard InChI is InChI=1S/C17H27ClN2O/c1-4-16(2)12-17(13-19,9-10-21-16)20(3)11-14-7-5-6-8-15(14)18/h5-8H,4,9-13,19H2,1-3H3. The van der Waals surface area contributed by atoms with Crippen LogP contribution in [-0.2, 0) is 11.3 Å². The Labute approximate surface area is 133 Å². The van der Waals surface area contributed by atoms with Gasteiger partial charge >= 0.3 is 0 Å². The molecule has 0 aromatic heterocycles. The summed E-state index contributed by atoms with van der Waals surface area (Å²) in [5.41, 5.74) is 7.24. The molecule has 1 aliphatic heterocycles. The summed E-state index contributed by atoms with van der Waals surface area (Å²) < 4.78 is 5.99. The lowest BCUT2D eigenvalue weighted by Gasteiger charge is -2.50. The minimum absolute atomic E-state index is 0.0117. The van der Waals surface area contributed by atoms with E-state index in [1.54, 1.807) is 0 Å². The van der Waals surface area contributed by atoms with Crippen LogP contribution in [0.3, 0.4) is 0 Å². The first-order valence-corrected chi connectivity index (χ1v) is 8.11. The number of rotatable bonds is 5. The molecule has 0 saturated carbocycles. The number of likely N-dealkylation sites (N-methyl/N-ethyl adjacent to an activating group) is 1. The largest absolute Gasteiger partial charge is 0.375 e. The fourth-order valence-corrected chi connectivity index (χ4v) is 3.45. The van der Waals surface area contributed by atoms with Crippen molar-refractivity contribution in [3.63, 3.8) is 0 Å². The van der Waals surface area contributed by atoms with Crippen LogP contribution >= 0.6 is 11.6 Å². The summed E-state index contributed by atoms with van der Waals surface area (Å²) in [6, 6.07) is 8.03. The zero-order valence-electron chi connectivity index (χ0n) is 13.4. The van der Waals surface area contributed by atoms with Gasteiger partial charge in [-0.3, -0.25) is 4.90 Å². The van der Waals surface area contributed by atoms with E-state index in [-0.39, 0.29) is 11.1 Å². The Hall–Kier alpha value is -0.610. The Morgan fingerprint density at radius 3 is 2.71 bits per heavy atom. The van der Waals surface area contributed by atoms with Gasteiger partial charge in [0, 0.05) is 30.3 Å². The molecule has 1 heterocycles. The Kier molecular flexibility index (Phi) is 5.31. The van der Waals surface area contributed by atoms with Gasteiger partial charge < -0.3 is 10.5 Å². The van der Waals surface area contributed by atoms with E-state index in [1.165, 1.54) is 0 Å². The SMILES string of the molecule is CCC1(C)CC(CN)(N(C)Cc2ccccc2Cl)CCO1. The molecule has 0 spiro atoms. The van der Waals surface area contributed by atoms with Crippen LogP contribution in [0.15, 0.2) is 24.3 Å². The molecule has 1 saturated heterocycles. The molecular weight excluding hydrogens is 284 g/mol. The fourth-order valence-electron chi connectivity index (χ4n) is 3.26. The molecule has 0 amide bonds. The van der Waals surface area contributed by atoms with Crippen molar-refractivity contribution >= 4 is 11.6 Å². The van der Waals surface area contributed by atoms with Crippen molar-refractivity contribution in [2.24, 2.45) is 5.73 Å². The summed E-state index contributed by atoms with van der Waals surface area (Å²) in [4.78, 5) is 2.37. The van der Waals surface area contributed by atoms with Gasteiger partial charge in [0.15, 0.2) is 0 Å². The van der Waals surface area contributed by atoms with Crippen molar-refractivity contribution in [2.75, 3.05) is 20.2 Å². The second-order valence-electron chi connectivity index (χ2n) is 6.45. The fraction of sp³-hybridized carbons (Fsp3) is 0.647. The smallest absolute Gasteiger partial charge is 0.0670 e. The quantitative estimate of drug-likeness (QED) is 0.905. The highest BCUT2D eigenvalue weighted by molar-refractivity contribution is 6.31. The van der Waals surface area contributed by atoms with E-state index in [4.69, 9.17) is 22.1 Å². The van der Waals surface area contributed by atoms with Gasteiger partial charge in [0.05, 0.1) is 5.60 Å². The average molecular weight is 311 g/mol. The van der Waals surface area contributed by atoms with Crippen LogP contribution in [0.4, 0.5) is 0 Å². The summed E-state index contributed by atoms with van der Waals surface area (Å²) in [6.07, 6.45) is 2.95. The first-order chi connectivity index (χ1) is 9.95. The van der Waals surface area contributed by atoms with Crippen LogP contribution in [0.5, 0.6) is 0 Å². The van der Waals surface area contributed by atoms with Crippen LogP contribution in [0.1, 0.15) is 38.7 Å². The Morgan fingerprint density at radius 1 is 1.38 bits per heavy atom. The second kappa shape index (κ2) is 6.66.